The fraction of sp³-hybridized carbons (Fsp3) is 0. The predicted octanol–water partition coefficient (Wildman–Crippen LogP) is 5.69. The van der Waals surface area contributed by atoms with Gasteiger partial charge in [0.15, 0.2) is 0 Å². The normalized spacial score (nSPS) is 10.9. The van der Waals surface area contributed by atoms with Crippen molar-refractivity contribution >= 4 is 40.0 Å². The Labute approximate surface area is 177 Å². The first-order chi connectivity index (χ1) is 14.1. The molecule has 0 fully saturated rings. The molecule has 0 radical (unpaired) electrons. The van der Waals surface area contributed by atoms with E-state index in [4.69, 9.17) is 9.47 Å². The molecule has 0 aliphatic carbocycles. The van der Waals surface area contributed by atoms with Crippen LogP contribution in [0.25, 0.3) is 12.2 Å². The first kappa shape index (κ1) is 20.3. The highest BCUT2D eigenvalue weighted by Gasteiger charge is 2.09. The minimum Gasteiger partial charge on any atom is -0.423 e. The molecule has 0 bridgehead atoms. The second-order valence-corrected chi connectivity index (χ2v) is 6.78. The molecule has 0 aliphatic heterocycles. The molecule has 0 unspecified atom stereocenters. The number of benzene rings is 3. The van der Waals surface area contributed by atoms with E-state index in [1.54, 1.807) is 30.4 Å². The van der Waals surface area contributed by atoms with Crippen molar-refractivity contribution < 1.29 is 19.1 Å². The molecule has 144 valence electrons. The zero-order valence-corrected chi connectivity index (χ0v) is 16.9. The number of hydrogen-bond donors (Lipinski definition) is 0. The van der Waals surface area contributed by atoms with Crippen LogP contribution < -0.4 is 9.47 Å². The van der Waals surface area contributed by atoms with E-state index in [1.807, 2.05) is 60.7 Å². The number of esters is 2. The van der Waals surface area contributed by atoms with Gasteiger partial charge in [-0.25, -0.2) is 9.59 Å². The molecule has 0 saturated carbocycles. The number of carbonyl (C=O) groups is 2. The van der Waals surface area contributed by atoms with Crippen molar-refractivity contribution in [1.29, 1.82) is 0 Å². The molecule has 0 aliphatic rings. The molecule has 0 spiro atoms. The fourth-order valence-electron chi connectivity index (χ4n) is 2.38. The average Bonchev–Trinajstić information content (AvgIpc) is 2.74. The first-order valence-electron chi connectivity index (χ1n) is 8.79. The van der Waals surface area contributed by atoms with Gasteiger partial charge in [0.1, 0.15) is 11.5 Å². The van der Waals surface area contributed by atoms with Gasteiger partial charge in [0.2, 0.25) is 0 Å². The van der Waals surface area contributed by atoms with Crippen molar-refractivity contribution in [2.75, 3.05) is 0 Å². The Morgan fingerprint density at radius 2 is 1.21 bits per heavy atom. The van der Waals surface area contributed by atoms with Gasteiger partial charge in [-0.1, -0.05) is 60.7 Å². The molecule has 0 saturated heterocycles. The maximum Gasteiger partial charge on any atom is 0.336 e. The zero-order chi connectivity index (χ0) is 20.5. The lowest BCUT2D eigenvalue weighted by molar-refractivity contribution is -0.130. The van der Waals surface area contributed by atoms with E-state index in [1.165, 1.54) is 12.2 Å². The molecule has 0 heterocycles. The predicted molar refractivity (Wildman–Crippen MR) is 116 cm³/mol. The van der Waals surface area contributed by atoms with E-state index in [0.29, 0.717) is 16.0 Å². The fourth-order valence-corrected chi connectivity index (χ4v) is 2.82. The molecule has 0 atom stereocenters. The molecule has 3 aromatic rings. The van der Waals surface area contributed by atoms with Crippen LogP contribution in [0.2, 0.25) is 0 Å². The van der Waals surface area contributed by atoms with Gasteiger partial charge in [0.05, 0.1) is 4.47 Å². The van der Waals surface area contributed by atoms with Gasteiger partial charge in [-0.3, -0.25) is 0 Å². The smallest absolute Gasteiger partial charge is 0.336 e. The molecule has 0 N–H and O–H groups in total. The van der Waals surface area contributed by atoms with Gasteiger partial charge in [0, 0.05) is 12.2 Å². The summed E-state index contributed by atoms with van der Waals surface area (Å²) in [6.45, 7) is 0. The molecule has 29 heavy (non-hydrogen) atoms. The summed E-state index contributed by atoms with van der Waals surface area (Å²) in [5.41, 5.74) is 1.80. The van der Waals surface area contributed by atoms with Gasteiger partial charge in [0.25, 0.3) is 0 Å². The third kappa shape index (κ3) is 6.59. The minimum atomic E-state index is -0.509. The molecule has 4 nitrogen and oxygen atoms in total. The quantitative estimate of drug-likeness (QED) is 0.276. The maximum atomic E-state index is 12.0. The standard InChI is InChI=1S/C24H17BrO4/c25-21-17-20(28-23(26)15-11-18-7-3-1-4-8-18)13-14-22(21)29-24(27)16-12-19-9-5-2-6-10-19/h1-17H. The Bertz CT molecular complexity index is 1040. The van der Waals surface area contributed by atoms with E-state index in [-0.39, 0.29) is 0 Å². The van der Waals surface area contributed by atoms with E-state index in [9.17, 15) is 9.59 Å². The van der Waals surface area contributed by atoms with Gasteiger partial charge >= 0.3 is 11.9 Å². The van der Waals surface area contributed by atoms with Crippen molar-refractivity contribution in [2.45, 2.75) is 0 Å². The summed E-state index contributed by atoms with van der Waals surface area (Å²) in [6, 6.07) is 23.6. The lowest BCUT2D eigenvalue weighted by Crippen LogP contribution is -2.06. The van der Waals surface area contributed by atoms with E-state index in [2.05, 4.69) is 15.9 Å². The maximum absolute atomic E-state index is 12.0. The summed E-state index contributed by atoms with van der Waals surface area (Å²) in [4.78, 5) is 24.0. The second kappa shape index (κ2) is 10.2. The Hall–Kier alpha value is -3.44. The van der Waals surface area contributed by atoms with Crippen LogP contribution in [0.3, 0.4) is 0 Å². The number of halogens is 1. The topological polar surface area (TPSA) is 52.6 Å². The Balaban J connectivity index is 1.58. The lowest BCUT2D eigenvalue weighted by atomic mass is 10.2. The summed E-state index contributed by atoms with van der Waals surface area (Å²) in [5.74, 6) is -0.354. The van der Waals surface area contributed by atoms with Crippen LogP contribution in [0, 0.1) is 0 Å². The molecule has 0 amide bonds. The Morgan fingerprint density at radius 3 is 1.72 bits per heavy atom. The van der Waals surface area contributed by atoms with E-state index < -0.39 is 11.9 Å². The molecule has 5 heteroatoms. The van der Waals surface area contributed by atoms with Crippen molar-refractivity contribution in [3.63, 3.8) is 0 Å². The van der Waals surface area contributed by atoms with Crippen LogP contribution in [0.4, 0.5) is 0 Å². The molecule has 3 aromatic carbocycles. The lowest BCUT2D eigenvalue weighted by Gasteiger charge is -2.07. The van der Waals surface area contributed by atoms with Gasteiger partial charge in [-0.2, -0.15) is 0 Å². The van der Waals surface area contributed by atoms with Crippen LogP contribution in [-0.4, -0.2) is 11.9 Å². The van der Waals surface area contributed by atoms with Gasteiger partial charge < -0.3 is 9.47 Å². The highest BCUT2D eigenvalue weighted by Crippen LogP contribution is 2.29. The average molecular weight is 449 g/mol. The highest BCUT2D eigenvalue weighted by atomic mass is 79.9. The summed E-state index contributed by atoms with van der Waals surface area (Å²) in [7, 11) is 0. The number of rotatable bonds is 6. The summed E-state index contributed by atoms with van der Waals surface area (Å²) >= 11 is 3.33. The van der Waals surface area contributed by atoms with Crippen molar-refractivity contribution in [1.82, 2.24) is 0 Å². The third-order valence-electron chi connectivity index (χ3n) is 3.76. The van der Waals surface area contributed by atoms with E-state index in [0.717, 1.165) is 11.1 Å². The van der Waals surface area contributed by atoms with Crippen molar-refractivity contribution in [2.24, 2.45) is 0 Å². The highest BCUT2D eigenvalue weighted by molar-refractivity contribution is 9.10. The molecule has 3 rings (SSSR count). The van der Waals surface area contributed by atoms with Crippen LogP contribution >= 0.6 is 15.9 Å². The monoisotopic (exact) mass is 448 g/mol. The SMILES string of the molecule is O=C(C=Cc1ccccc1)Oc1ccc(OC(=O)C=Cc2ccccc2)c(Br)c1. The summed E-state index contributed by atoms with van der Waals surface area (Å²) in [5, 5.41) is 0. The van der Waals surface area contributed by atoms with Crippen molar-refractivity contribution in [3.8, 4) is 11.5 Å². The van der Waals surface area contributed by atoms with Crippen LogP contribution in [0.1, 0.15) is 11.1 Å². The summed E-state index contributed by atoms with van der Waals surface area (Å²) < 4.78 is 11.1. The van der Waals surface area contributed by atoms with E-state index >= 15 is 0 Å². The third-order valence-corrected chi connectivity index (χ3v) is 4.37. The zero-order valence-electron chi connectivity index (χ0n) is 15.3. The number of hydrogen-bond acceptors (Lipinski definition) is 4. The number of ether oxygens (including phenoxy) is 2. The largest absolute Gasteiger partial charge is 0.423 e. The summed E-state index contributed by atoms with van der Waals surface area (Å²) in [6.07, 6.45) is 6.05. The molecular formula is C24H17BrO4. The van der Waals surface area contributed by atoms with Crippen LogP contribution in [0.5, 0.6) is 11.5 Å². The van der Waals surface area contributed by atoms with Gasteiger partial charge in [-0.05, 0) is 57.4 Å². The van der Waals surface area contributed by atoms with Gasteiger partial charge in [-0.15, -0.1) is 0 Å². The second-order valence-electron chi connectivity index (χ2n) is 5.92. The molecule has 0 aromatic heterocycles. The first-order valence-corrected chi connectivity index (χ1v) is 9.59. The molecular weight excluding hydrogens is 432 g/mol. The van der Waals surface area contributed by atoms with Crippen molar-refractivity contribution in [3.05, 3.63) is 107 Å². The minimum absolute atomic E-state index is 0.326. The number of carbonyl (C=O) groups excluding carboxylic acids is 2. The Morgan fingerprint density at radius 1 is 0.690 bits per heavy atom. The van der Waals surface area contributed by atoms with Crippen LogP contribution in [0.15, 0.2) is 95.5 Å². The Kier molecular flexibility index (Phi) is 7.14. The van der Waals surface area contributed by atoms with Crippen LogP contribution in [-0.2, 0) is 9.59 Å².